The van der Waals surface area contributed by atoms with E-state index in [0.29, 0.717) is 16.9 Å². The number of allylic oxidation sites excluding steroid dienone is 6. The Labute approximate surface area is 235 Å². The smallest absolute Gasteiger partial charge is 0.271 e. The number of carbonyl (C=O) groups is 4. The number of nitrogens with zero attached hydrogens (tertiary/aromatic N) is 2. The quantitative estimate of drug-likeness (QED) is 0.179. The zero-order chi connectivity index (χ0) is 28.5. The van der Waals surface area contributed by atoms with Gasteiger partial charge in [-0.2, -0.15) is 0 Å². The predicted molar refractivity (Wildman–Crippen MR) is 145 cm³/mol. The number of halogens is 1. The molecule has 10 nitrogen and oxygen atoms in total. The van der Waals surface area contributed by atoms with Gasteiger partial charge in [0.15, 0.2) is 11.6 Å². The summed E-state index contributed by atoms with van der Waals surface area (Å²) in [5.41, 5.74) is 1.32. The van der Waals surface area contributed by atoms with Crippen LogP contribution in [0, 0.1) is 27.9 Å². The third-order valence-corrected chi connectivity index (χ3v) is 8.76. The molecule has 4 unspecified atom stereocenters. The highest BCUT2D eigenvalue weighted by Crippen LogP contribution is 2.56. The zero-order valence-corrected chi connectivity index (χ0v) is 22.6. The lowest BCUT2D eigenvalue weighted by atomic mass is 9.59. The summed E-state index contributed by atoms with van der Waals surface area (Å²) < 4.78 is 5.45. The first-order valence-corrected chi connectivity index (χ1v) is 13.3. The van der Waals surface area contributed by atoms with Gasteiger partial charge in [0.1, 0.15) is 11.5 Å². The molecule has 4 atom stereocenters. The minimum atomic E-state index is -0.858. The summed E-state index contributed by atoms with van der Waals surface area (Å²) in [6, 6.07) is 9.96. The molecule has 2 amide bonds. The van der Waals surface area contributed by atoms with Gasteiger partial charge in [-0.3, -0.25) is 29.3 Å². The summed E-state index contributed by atoms with van der Waals surface area (Å²) in [6.45, 7) is 0. The average Bonchev–Trinajstić information content (AvgIpc) is 3.20. The fourth-order valence-electron chi connectivity index (χ4n) is 6.45. The van der Waals surface area contributed by atoms with Crippen molar-refractivity contribution in [3.63, 3.8) is 0 Å². The van der Waals surface area contributed by atoms with E-state index in [9.17, 15) is 34.4 Å². The second-order valence-corrected chi connectivity index (χ2v) is 11.0. The molecule has 1 fully saturated rings. The number of nitro groups is 1. The number of phenols is 1. The number of non-ortho nitro benzene ring substituents is 1. The number of ether oxygens (including phenoxy) is 1. The van der Waals surface area contributed by atoms with Crippen LogP contribution in [0.5, 0.6) is 11.5 Å². The summed E-state index contributed by atoms with van der Waals surface area (Å²) in [7, 11) is 1.47. The van der Waals surface area contributed by atoms with Gasteiger partial charge in [-0.1, -0.05) is 17.7 Å². The van der Waals surface area contributed by atoms with Gasteiger partial charge in [-0.05, 0) is 59.0 Å². The van der Waals surface area contributed by atoms with Crippen molar-refractivity contribution < 1.29 is 33.9 Å². The number of methoxy groups -OCH3 is 1. The molecule has 0 aromatic heterocycles. The number of ketones is 2. The van der Waals surface area contributed by atoms with Crippen molar-refractivity contribution in [2.75, 3.05) is 12.0 Å². The van der Waals surface area contributed by atoms with Gasteiger partial charge in [0.05, 0.1) is 34.0 Å². The molecule has 3 aliphatic carbocycles. The number of nitro benzene ring substituents is 1. The zero-order valence-electron chi connectivity index (χ0n) is 21.0. The largest absolute Gasteiger partial charge is 0.508 e. The number of Topliss-reactive ketones (excluding diaryl/α,β-unsaturated/α-hetero) is 1. The molecule has 202 valence electrons. The Morgan fingerprint density at radius 1 is 1.07 bits per heavy atom. The first-order valence-electron chi connectivity index (χ1n) is 12.5. The Morgan fingerprint density at radius 2 is 1.85 bits per heavy atom. The number of anilines is 1. The second-order valence-electron chi connectivity index (χ2n) is 10.1. The molecular formula is C29H21BrN2O8. The Hall–Kier alpha value is -4.38. The summed E-state index contributed by atoms with van der Waals surface area (Å²) >= 11 is 3.18. The predicted octanol–water partition coefficient (Wildman–Crippen LogP) is 4.28. The minimum Gasteiger partial charge on any atom is -0.508 e. The first kappa shape index (κ1) is 25.9. The van der Waals surface area contributed by atoms with Crippen LogP contribution in [0.15, 0.2) is 75.8 Å². The molecule has 1 aliphatic heterocycles. The molecule has 2 aromatic rings. The number of imide groups is 1. The van der Waals surface area contributed by atoms with Gasteiger partial charge in [0.2, 0.25) is 11.8 Å². The maximum absolute atomic E-state index is 13.9. The van der Waals surface area contributed by atoms with Crippen LogP contribution in [0.2, 0.25) is 0 Å². The van der Waals surface area contributed by atoms with E-state index in [-0.39, 0.29) is 51.4 Å². The van der Waals surface area contributed by atoms with Crippen LogP contribution in [0.1, 0.15) is 24.3 Å². The lowest BCUT2D eigenvalue weighted by Crippen LogP contribution is -2.39. The molecule has 6 rings (SSSR count). The van der Waals surface area contributed by atoms with Crippen molar-refractivity contribution in [2.45, 2.75) is 18.8 Å². The van der Waals surface area contributed by atoms with Crippen molar-refractivity contribution in [2.24, 2.45) is 17.8 Å². The SMILES string of the molecule is COc1ccc(O)c(C2C3=CCC4C(=O)N(c5cccc([N+](=O)[O-])c5)C(=O)C4C3CC3=C2C(=O)C=C(Br)C3=O)c1. The summed E-state index contributed by atoms with van der Waals surface area (Å²) in [6.07, 6.45) is 3.29. The van der Waals surface area contributed by atoms with E-state index in [0.717, 1.165) is 4.90 Å². The molecule has 1 N–H and O–H groups in total. The van der Waals surface area contributed by atoms with Crippen molar-refractivity contribution in [3.8, 4) is 11.5 Å². The first-order chi connectivity index (χ1) is 19.1. The van der Waals surface area contributed by atoms with E-state index in [1.807, 2.05) is 6.08 Å². The number of phenolic OH excluding ortho intramolecular Hbond substituents is 1. The van der Waals surface area contributed by atoms with Crippen molar-refractivity contribution >= 4 is 50.7 Å². The molecule has 40 heavy (non-hydrogen) atoms. The third-order valence-electron chi connectivity index (χ3n) is 8.18. The molecule has 0 spiro atoms. The highest BCUT2D eigenvalue weighted by atomic mass is 79.9. The number of hydrogen-bond donors (Lipinski definition) is 1. The van der Waals surface area contributed by atoms with Crippen LogP contribution in [-0.4, -0.2) is 40.5 Å². The van der Waals surface area contributed by atoms with Crippen LogP contribution in [-0.2, 0) is 19.2 Å². The number of aromatic hydroxyl groups is 1. The molecular weight excluding hydrogens is 584 g/mol. The van der Waals surface area contributed by atoms with Gasteiger partial charge in [0, 0.05) is 40.8 Å². The Kier molecular flexibility index (Phi) is 6.06. The van der Waals surface area contributed by atoms with Crippen LogP contribution < -0.4 is 9.64 Å². The second kappa shape index (κ2) is 9.37. The molecule has 2 aromatic carbocycles. The number of rotatable bonds is 4. The maximum Gasteiger partial charge on any atom is 0.271 e. The Morgan fingerprint density at radius 3 is 2.58 bits per heavy atom. The van der Waals surface area contributed by atoms with Gasteiger partial charge >= 0.3 is 0 Å². The lowest BCUT2D eigenvalue weighted by Gasteiger charge is -2.42. The summed E-state index contributed by atoms with van der Waals surface area (Å²) in [5, 5.41) is 22.2. The molecule has 0 bridgehead atoms. The van der Waals surface area contributed by atoms with Crippen molar-refractivity contribution in [3.05, 3.63) is 91.5 Å². The summed E-state index contributed by atoms with van der Waals surface area (Å²) in [4.78, 5) is 65.9. The highest BCUT2D eigenvalue weighted by Gasteiger charge is 2.57. The average molecular weight is 605 g/mol. The Balaban J connectivity index is 1.49. The van der Waals surface area contributed by atoms with Crippen molar-refractivity contribution in [1.82, 2.24) is 0 Å². The lowest BCUT2D eigenvalue weighted by molar-refractivity contribution is -0.384. The van der Waals surface area contributed by atoms with E-state index >= 15 is 0 Å². The van der Waals surface area contributed by atoms with Gasteiger partial charge in [-0.25, -0.2) is 4.90 Å². The maximum atomic E-state index is 13.9. The normalized spacial score (nSPS) is 25.7. The summed E-state index contributed by atoms with van der Waals surface area (Å²) in [5.74, 6) is -4.51. The number of benzene rings is 2. The minimum absolute atomic E-state index is 0.0544. The molecule has 0 radical (unpaired) electrons. The fraction of sp³-hybridized carbons (Fsp3) is 0.241. The van der Waals surface area contributed by atoms with E-state index in [4.69, 9.17) is 4.74 Å². The molecule has 0 saturated carbocycles. The standard InChI is InChI=1S/C29H21BrN2O8/c1-40-15-5-8-22(33)19(10-15)24-16-6-7-17-25(18(16)11-20-26(24)23(34)12-21(30)27(20)35)29(37)31(28(17)36)13-3-2-4-14(9-13)32(38)39/h2-6,8-10,12,17-18,24-25,33H,7,11H2,1H3. The number of hydrogen-bond acceptors (Lipinski definition) is 8. The van der Waals surface area contributed by atoms with Crippen LogP contribution >= 0.6 is 15.9 Å². The third kappa shape index (κ3) is 3.75. The van der Waals surface area contributed by atoms with Gasteiger partial charge in [0.25, 0.3) is 5.69 Å². The topological polar surface area (TPSA) is 144 Å². The molecule has 1 saturated heterocycles. The monoisotopic (exact) mass is 604 g/mol. The van der Waals surface area contributed by atoms with Crippen LogP contribution in [0.25, 0.3) is 0 Å². The van der Waals surface area contributed by atoms with Crippen LogP contribution in [0.3, 0.4) is 0 Å². The van der Waals surface area contributed by atoms with E-state index in [1.165, 1.54) is 43.5 Å². The highest BCUT2D eigenvalue weighted by molar-refractivity contribution is 9.12. The van der Waals surface area contributed by atoms with E-state index in [2.05, 4.69) is 15.9 Å². The molecule has 4 aliphatic rings. The van der Waals surface area contributed by atoms with Crippen LogP contribution in [0.4, 0.5) is 11.4 Å². The van der Waals surface area contributed by atoms with Gasteiger partial charge in [-0.15, -0.1) is 0 Å². The van der Waals surface area contributed by atoms with Gasteiger partial charge < -0.3 is 9.84 Å². The fourth-order valence-corrected chi connectivity index (χ4v) is 6.90. The van der Waals surface area contributed by atoms with E-state index in [1.54, 1.807) is 12.1 Å². The number of amides is 2. The van der Waals surface area contributed by atoms with Crippen molar-refractivity contribution in [1.29, 1.82) is 0 Å². The molecule has 11 heteroatoms. The number of carbonyl (C=O) groups excluding carboxylic acids is 4. The molecule has 1 heterocycles. The Bertz CT molecular complexity index is 1650. The number of fused-ring (bicyclic) bond motifs is 3. The van der Waals surface area contributed by atoms with E-state index < -0.39 is 46.2 Å².